The molecule has 0 unspecified atom stereocenters. The Bertz CT molecular complexity index is 654. The van der Waals surface area contributed by atoms with E-state index in [4.69, 9.17) is 16.3 Å². The first kappa shape index (κ1) is 18.3. The normalized spacial score (nSPS) is 13.0. The predicted molar refractivity (Wildman–Crippen MR) is 93.0 cm³/mol. The van der Waals surface area contributed by atoms with Crippen LogP contribution >= 0.6 is 11.6 Å². The van der Waals surface area contributed by atoms with Crippen molar-refractivity contribution < 1.29 is 19.1 Å². The lowest BCUT2D eigenvalue weighted by molar-refractivity contribution is -0.141. The van der Waals surface area contributed by atoms with Crippen molar-refractivity contribution in [2.45, 2.75) is 20.3 Å². The van der Waals surface area contributed by atoms with Gasteiger partial charge in [0.15, 0.2) is 0 Å². The first-order valence-electron chi connectivity index (χ1n) is 7.89. The van der Waals surface area contributed by atoms with Crippen molar-refractivity contribution in [3.8, 4) is 5.75 Å². The summed E-state index contributed by atoms with van der Waals surface area (Å²) in [5, 5.41) is 0.590. The lowest BCUT2D eigenvalue weighted by Crippen LogP contribution is -2.38. The molecule has 5 nitrogen and oxygen atoms in total. The van der Waals surface area contributed by atoms with E-state index in [1.807, 2.05) is 13.8 Å². The molecule has 1 aliphatic heterocycles. The van der Waals surface area contributed by atoms with Gasteiger partial charge >= 0.3 is 5.97 Å². The van der Waals surface area contributed by atoms with E-state index in [0.29, 0.717) is 35.4 Å². The van der Waals surface area contributed by atoms with E-state index in [1.54, 1.807) is 29.2 Å². The molecule has 0 spiro atoms. The molecule has 0 radical (unpaired) electrons. The Morgan fingerprint density at radius 2 is 2.12 bits per heavy atom. The minimum Gasteiger partial charge on any atom is -0.488 e. The number of fused-ring (bicyclic) bond motifs is 1. The van der Waals surface area contributed by atoms with Crippen molar-refractivity contribution >= 4 is 29.6 Å². The highest BCUT2D eigenvalue weighted by Crippen LogP contribution is 2.29. The number of benzene rings is 1. The Morgan fingerprint density at radius 1 is 1.38 bits per heavy atom. The van der Waals surface area contributed by atoms with Crippen LogP contribution in [0.4, 0.5) is 0 Å². The molecule has 1 aromatic carbocycles. The van der Waals surface area contributed by atoms with Gasteiger partial charge in [0, 0.05) is 23.7 Å². The highest BCUT2D eigenvalue weighted by Gasteiger charge is 2.23. The molecule has 1 aliphatic rings. The summed E-state index contributed by atoms with van der Waals surface area (Å²) in [6.45, 7) is 5.15. The third-order valence-electron chi connectivity index (χ3n) is 3.65. The molecule has 1 amide bonds. The monoisotopic (exact) mass is 351 g/mol. The van der Waals surface area contributed by atoms with Crippen molar-refractivity contribution in [1.82, 2.24) is 4.90 Å². The average molecular weight is 352 g/mol. The lowest BCUT2D eigenvalue weighted by Gasteiger charge is -2.27. The summed E-state index contributed by atoms with van der Waals surface area (Å²) in [6, 6.07) is 5.31. The number of methoxy groups -OCH3 is 1. The molecule has 0 fully saturated rings. The Kier molecular flexibility index (Phi) is 6.26. The van der Waals surface area contributed by atoms with Crippen LogP contribution in [0.15, 0.2) is 23.8 Å². The molecule has 130 valence electrons. The second-order valence-electron chi connectivity index (χ2n) is 6.11. The molecule has 0 aromatic heterocycles. The summed E-state index contributed by atoms with van der Waals surface area (Å²) >= 11 is 6.00. The highest BCUT2D eigenvalue weighted by molar-refractivity contribution is 6.30. The van der Waals surface area contributed by atoms with Crippen LogP contribution in [0.1, 0.15) is 25.8 Å². The Balaban J connectivity index is 2.17. The maximum atomic E-state index is 12.8. The molecule has 1 heterocycles. The molecule has 24 heavy (non-hydrogen) atoms. The molecule has 2 rings (SSSR count). The number of carbonyl (C=O) groups excluding carboxylic acids is 2. The maximum absolute atomic E-state index is 12.8. The van der Waals surface area contributed by atoms with Gasteiger partial charge in [-0.15, -0.1) is 0 Å². The number of esters is 1. The van der Waals surface area contributed by atoms with Crippen LogP contribution in [0.25, 0.3) is 6.08 Å². The molecule has 0 saturated carbocycles. The summed E-state index contributed by atoms with van der Waals surface area (Å²) in [7, 11) is 1.34. The van der Waals surface area contributed by atoms with Crippen LogP contribution in [0.3, 0.4) is 0 Å². The van der Waals surface area contributed by atoms with Gasteiger partial charge in [-0.25, -0.2) is 0 Å². The zero-order chi connectivity index (χ0) is 17.7. The number of amides is 1. The molecule has 0 atom stereocenters. The van der Waals surface area contributed by atoms with Gasteiger partial charge in [-0.2, -0.15) is 0 Å². The van der Waals surface area contributed by atoms with Crippen LogP contribution in [0, 0.1) is 5.92 Å². The van der Waals surface area contributed by atoms with Crippen molar-refractivity contribution in [3.05, 3.63) is 34.4 Å². The summed E-state index contributed by atoms with van der Waals surface area (Å²) in [5.41, 5.74) is 1.34. The van der Waals surface area contributed by atoms with Crippen LogP contribution in [0.5, 0.6) is 5.75 Å². The molecular weight excluding hydrogens is 330 g/mol. The Hall–Kier alpha value is -2.01. The van der Waals surface area contributed by atoms with Crippen LogP contribution < -0.4 is 4.74 Å². The lowest BCUT2D eigenvalue weighted by atomic mass is 10.1. The number of hydrogen-bond acceptors (Lipinski definition) is 4. The number of halogens is 1. The molecule has 0 N–H and O–H groups in total. The van der Waals surface area contributed by atoms with Gasteiger partial charge in [0.25, 0.3) is 5.91 Å². The van der Waals surface area contributed by atoms with Crippen LogP contribution in [-0.4, -0.2) is 43.6 Å². The number of hydrogen-bond donors (Lipinski definition) is 0. The Labute approximate surface area is 147 Å². The van der Waals surface area contributed by atoms with Crippen LogP contribution in [0.2, 0.25) is 5.02 Å². The average Bonchev–Trinajstić information content (AvgIpc) is 2.56. The molecule has 1 aromatic rings. The smallest absolute Gasteiger partial charge is 0.307 e. The fourth-order valence-electron chi connectivity index (χ4n) is 2.52. The van der Waals surface area contributed by atoms with Gasteiger partial charge < -0.3 is 14.4 Å². The van der Waals surface area contributed by atoms with Crippen molar-refractivity contribution in [3.63, 3.8) is 0 Å². The number of ether oxygens (including phenoxy) is 2. The summed E-state index contributed by atoms with van der Waals surface area (Å²) < 4.78 is 10.3. The summed E-state index contributed by atoms with van der Waals surface area (Å²) in [4.78, 5) is 25.9. The second kappa shape index (κ2) is 8.20. The van der Waals surface area contributed by atoms with Crippen molar-refractivity contribution in [2.24, 2.45) is 5.92 Å². The standard InChI is InChI=1S/C18H22ClNO4/c1-12(2)10-20(7-6-17(21)23-3)18(22)14-8-13-9-15(19)4-5-16(13)24-11-14/h4-5,8-9,12H,6-7,10-11H2,1-3H3. The molecule has 0 saturated heterocycles. The maximum Gasteiger partial charge on any atom is 0.307 e. The molecular formula is C18H22ClNO4. The number of carbonyl (C=O) groups is 2. The molecule has 0 bridgehead atoms. The molecule has 6 heteroatoms. The Morgan fingerprint density at radius 3 is 2.79 bits per heavy atom. The van der Waals surface area contributed by atoms with Gasteiger partial charge in [0.1, 0.15) is 12.4 Å². The van der Waals surface area contributed by atoms with Crippen LogP contribution in [-0.2, 0) is 14.3 Å². The van der Waals surface area contributed by atoms with E-state index in [2.05, 4.69) is 4.74 Å². The molecule has 0 aliphatic carbocycles. The minimum atomic E-state index is -0.331. The predicted octanol–water partition coefficient (Wildman–Crippen LogP) is 3.16. The zero-order valence-corrected chi connectivity index (χ0v) is 14.9. The summed E-state index contributed by atoms with van der Waals surface area (Å²) in [6.07, 6.45) is 1.98. The van der Waals surface area contributed by atoms with Gasteiger partial charge in [0.2, 0.25) is 0 Å². The SMILES string of the molecule is COC(=O)CCN(CC(C)C)C(=O)C1=Cc2cc(Cl)ccc2OC1. The largest absolute Gasteiger partial charge is 0.488 e. The van der Waals surface area contributed by atoms with Gasteiger partial charge in [-0.3, -0.25) is 9.59 Å². The van der Waals surface area contributed by atoms with E-state index >= 15 is 0 Å². The van der Waals surface area contributed by atoms with Gasteiger partial charge in [-0.1, -0.05) is 25.4 Å². The van der Waals surface area contributed by atoms with E-state index in [1.165, 1.54) is 7.11 Å². The highest BCUT2D eigenvalue weighted by atomic mass is 35.5. The zero-order valence-electron chi connectivity index (χ0n) is 14.2. The summed E-state index contributed by atoms with van der Waals surface area (Å²) in [5.74, 6) is 0.542. The van der Waals surface area contributed by atoms with E-state index in [-0.39, 0.29) is 24.9 Å². The second-order valence-corrected chi connectivity index (χ2v) is 6.55. The van der Waals surface area contributed by atoms with E-state index in [9.17, 15) is 9.59 Å². The quantitative estimate of drug-likeness (QED) is 0.739. The third-order valence-corrected chi connectivity index (χ3v) is 3.88. The van der Waals surface area contributed by atoms with Crippen molar-refractivity contribution in [1.29, 1.82) is 0 Å². The fourth-order valence-corrected chi connectivity index (χ4v) is 2.70. The van der Waals surface area contributed by atoms with Gasteiger partial charge in [0.05, 0.1) is 19.1 Å². The fraction of sp³-hybridized carbons (Fsp3) is 0.444. The number of rotatable bonds is 6. The number of nitrogens with zero attached hydrogens (tertiary/aromatic N) is 1. The first-order chi connectivity index (χ1) is 11.4. The third kappa shape index (κ3) is 4.74. The minimum absolute atomic E-state index is 0.127. The van der Waals surface area contributed by atoms with Crippen molar-refractivity contribution in [2.75, 3.05) is 26.8 Å². The van der Waals surface area contributed by atoms with Gasteiger partial charge in [-0.05, 0) is 30.2 Å². The van der Waals surface area contributed by atoms with E-state index < -0.39 is 0 Å². The topological polar surface area (TPSA) is 55.8 Å². The first-order valence-corrected chi connectivity index (χ1v) is 8.27. The van der Waals surface area contributed by atoms with E-state index in [0.717, 1.165) is 5.56 Å².